The number of ether oxygens (including phenoxy) is 2. The molecular formula is C21H28O4. The number of rotatable bonds is 2. The van der Waals surface area contributed by atoms with Gasteiger partial charge in [-0.1, -0.05) is 38.7 Å². The van der Waals surface area contributed by atoms with Crippen LogP contribution in [0, 0.1) is 22.2 Å². The van der Waals surface area contributed by atoms with Crippen LogP contribution in [0.5, 0.6) is 0 Å². The molecule has 0 aromatic carbocycles. The van der Waals surface area contributed by atoms with Gasteiger partial charge in [-0.2, -0.15) is 0 Å². The molecule has 3 fully saturated rings. The van der Waals surface area contributed by atoms with Crippen LogP contribution in [0.1, 0.15) is 41.0 Å². The van der Waals surface area contributed by atoms with Gasteiger partial charge >= 0.3 is 5.97 Å². The summed E-state index contributed by atoms with van der Waals surface area (Å²) >= 11 is 0. The standard InChI is InChI=1S/C21H28O4/c1-9-11(2)16-19(5)10-12(3)14-20(6,18(23)24-8)15(22)13(4)17(25-16)21(14,19)7/h9,14,16-17H,3-4,10H2,1-2,5-8H3/b11-9+/t14-,16+,17?,19+,20+,21-/m1/s1. The molecule has 0 bridgehead atoms. The van der Waals surface area contributed by atoms with Crippen LogP contribution >= 0.6 is 0 Å². The highest BCUT2D eigenvalue weighted by atomic mass is 16.5. The third-order valence-corrected chi connectivity index (χ3v) is 7.36. The molecule has 4 heteroatoms. The minimum absolute atomic E-state index is 0.126. The molecule has 1 heterocycles. The number of carbonyl (C=O) groups excluding carboxylic acids is 2. The summed E-state index contributed by atoms with van der Waals surface area (Å²) in [7, 11) is 1.33. The van der Waals surface area contributed by atoms with E-state index in [0.29, 0.717) is 12.0 Å². The average molecular weight is 344 g/mol. The van der Waals surface area contributed by atoms with Gasteiger partial charge in [0.05, 0.1) is 19.3 Å². The van der Waals surface area contributed by atoms with Crippen molar-refractivity contribution in [3.05, 3.63) is 36.0 Å². The summed E-state index contributed by atoms with van der Waals surface area (Å²) in [6, 6.07) is 0. The minimum atomic E-state index is -1.30. The van der Waals surface area contributed by atoms with E-state index in [2.05, 4.69) is 40.0 Å². The van der Waals surface area contributed by atoms with Crippen LogP contribution in [-0.4, -0.2) is 31.1 Å². The maximum atomic E-state index is 13.2. The number of Topliss-reactive ketones (excluding diaryl/α,β-unsaturated/α-hetero) is 1. The maximum absolute atomic E-state index is 13.2. The van der Waals surface area contributed by atoms with Gasteiger partial charge in [0.2, 0.25) is 0 Å². The number of methoxy groups -OCH3 is 1. The largest absolute Gasteiger partial charge is 0.468 e. The van der Waals surface area contributed by atoms with Crippen LogP contribution in [0.3, 0.4) is 0 Å². The van der Waals surface area contributed by atoms with Crippen molar-refractivity contribution in [2.75, 3.05) is 7.11 Å². The minimum Gasteiger partial charge on any atom is -0.468 e. The molecule has 0 spiro atoms. The molecule has 1 aliphatic heterocycles. The molecule has 136 valence electrons. The molecule has 2 aliphatic carbocycles. The highest BCUT2D eigenvalue weighted by Crippen LogP contribution is 2.74. The van der Waals surface area contributed by atoms with E-state index in [1.165, 1.54) is 7.11 Å². The summed E-state index contributed by atoms with van der Waals surface area (Å²) in [5.74, 6) is -1.12. The predicted molar refractivity (Wildman–Crippen MR) is 95.8 cm³/mol. The van der Waals surface area contributed by atoms with Gasteiger partial charge in [-0.25, -0.2) is 0 Å². The van der Waals surface area contributed by atoms with E-state index in [1.807, 2.05) is 6.92 Å². The molecule has 3 aliphatic rings. The first-order valence-electron chi connectivity index (χ1n) is 8.79. The quantitative estimate of drug-likeness (QED) is 0.332. The first kappa shape index (κ1) is 18.1. The van der Waals surface area contributed by atoms with Crippen molar-refractivity contribution in [2.45, 2.75) is 53.2 Å². The van der Waals surface area contributed by atoms with Crippen molar-refractivity contribution in [2.24, 2.45) is 22.2 Å². The van der Waals surface area contributed by atoms with E-state index in [9.17, 15) is 9.59 Å². The van der Waals surface area contributed by atoms with Gasteiger partial charge in [-0.15, -0.1) is 0 Å². The number of allylic oxidation sites excluding steroid dienone is 2. The molecule has 2 saturated carbocycles. The number of ketones is 1. The average Bonchev–Trinajstić information content (AvgIpc) is 2.92. The lowest BCUT2D eigenvalue weighted by Gasteiger charge is -2.51. The summed E-state index contributed by atoms with van der Waals surface area (Å²) in [6.45, 7) is 18.4. The van der Waals surface area contributed by atoms with Gasteiger partial charge in [-0.3, -0.25) is 9.59 Å². The zero-order valence-corrected chi connectivity index (χ0v) is 16.1. The second-order valence-electron chi connectivity index (χ2n) is 8.45. The van der Waals surface area contributed by atoms with E-state index in [1.54, 1.807) is 6.92 Å². The summed E-state index contributed by atoms with van der Waals surface area (Å²) in [5.41, 5.74) is 0.446. The fourth-order valence-electron chi connectivity index (χ4n) is 5.99. The smallest absolute Gasteiger partial charge is 0.320 e. The fraction of sp³-hybridized carbons (Fsp3) is 0.619. The molecule has 6 atom stereocenters. The molecule has 1 unspecified atom stereocenters. The van der Waals surface area contributed by atoms with Crippen molar-refractivity contribution >= 4 is 11.8 Å². The summed E-state index contributed by atoms with van der Waals surface area (Å²) in [6.07, 6.45) is 2.23. The molecule has 0 aromatic rings. The lowest BCUT2D eigenvalue weighted by molar-refractivity contribution is -0.166. The Morgan fingerprint density at radius 3 is 2.44 bits per heavy atom. The van der Waals surface area contributed by atoms with Gasteiger partial charge in [0.15, 0.2) is 5.78 Å². The van der Waals surface area contributed by atoms with E-state index < -0.39 is 22.9 Å². The maximum Gasteiger partial charge on any atom is 0.320 e. The van der Waals surface area contributed by atoms with Crippen LogP contribution in [0.25, 0.3) is 0 Å². The molecule has 4 nitrogen and oxygen atoms in total. The van der Waals surface area contributed by atoms with Crippen molar-refractivity contribution in [3.63, 3.8) is 0 Å². The Kier molecular flexibility index (Phi) is 3.74. The van der Waals surface area contributed by atoms with Gasteiger partial charge < -0.3 is 9.47 Å². The number of hydrogen-bond acceptors (Lipinski definition) is 4. The first-order valence-corrected chi connectivity index (χ1v) is 8.79. The lowest BCUT2D eigenvalue weighted by atomic mass is 9.49. The SMILES string of the molecule is C=C1C(=O)[C@@](C)(C(=O)OC)[C@H]2C(=C)C[C@@]3(C)[C@H](/C(C)=C/C)OC1[C@@]23C. The van der Waals surface area contributed by atoms with Crippen LogP contribution < -0.4 is 0 Å². The summed E-state index contributed by atoms with van der Waals surface area (Å²) in [5, 5.41) is 0. The highest BCUT2D eigenvalue weighted by Gasteiger charge is 2.77. The van der Waals surface area contributed by atoms with Crippen molar-refractivity contribution < 1.29 is 19.1 Å². The zero-order valence-electron chi connectivity index (χ0n) is 16.1. The van der Waals surface area contributed by atoms with Gasteiger partial charge in [0.1, 0.15) is 5.41 Å². The molecule has 0 N–H and O–H groups in total. The molecule has 25 heavy (non-hydrogen) atoms. The number of hydrogen-bond donors (Lipinski definition) is 0. The van der Waals surface area contributed by atoms with Crippen molar-refractivity contribution in [1.29, 1.82) is 0 Å². The van der Waals surface area contributed by atoms with E-state index in [4.69, 9.17) is 9.47 Å². The van der Waals surface area contributed by atoms with Crippen LogP contribution in [0.4, 0.5) is 0 Å². The number of esters is 1. The van der Waals surface area contributed by atoms with Crippen LogP contribution in [0.15, 0.2) is 36.0 Å². The highest BCUT2D eigenvalue weighted by molar-refractivity contribution is 6.14. The lowest BCUT2D eigenvalue weighted by Crippen LogP contribution is -2.60. The van der Waals surface area contributed by atoms with Gasteiger partial charge in [0.25, 0.3) is 0 Å². The zero-order chi connectivity index (χ0) is 18.9. The summed E-state index contributed by atoms with van der Waals surface area (Å²) < 4.78 is 11.5. The predicted octanol–water partition coefficient (Wildman–Crippen LogP) is 3.63. The van der Waals surface area contributed by atoms with Crippen molar-refractivity contribution in [3.8, 4) is 0 Å². The first-order chi connectivity index (χ1) is 11.5. The Hall–Kier alpha value is -1.68. The summed E-state index contributed by atoms with van der Waals surface area (Å²) in [4.78, 5) is 25.9. The fourth-order valence-corrected chi connectivity index (χ4v) is 5.99. The second kappa shape index (κ2) is 5.16. The van der Waals surface area contributed by atoms with E-state index in [-0.39, 0.29) is 23.2 Å². The Bertz CT molecular complexity index is 732. The Morgan fingerprint density at radius 2 is 1.92 bits per heavy atom. The Morgan fingerprint density at radius 1 is 1.32 bits per heavy atom. The third-order valence-electron chi connectivity index (χ3n) is 7.36. The molecule has 0 amide bonds. The molecule has 0 radical (unpaired) electrons. The van der Waals surface area contributed by atoms with Gasteiger partial charge in [-0.05, 0) is 32.8 Å². The van der Waals surface area contributed by atoms with E-state index >= 15 is 0 Å². The second-order valence-corrected chi connectivity index (χ2v) is 8.45. The van der Waals surface area contributed by atoms with Crippen LogP contribution in [-0.2, 0) is 19.1 Å². The topological polar surface area (TPSA) is 52.6 Å². The third kappa shape index (κ3) is 1.76. The molecule has 0 aromatic heterocycles. The molecular weight excluding hydrogens is 316 g/mol. The molecule has 3 rings (SSSR count). The van der Waals surface area contributed by atoms with Crippen LogP contribution in [0.2, 0.25) is 0 Å². The van der Waals surface area contributed by atoms with E-state index in [0.717, 1.165) is 11.1 Å². The Balaban J connectivity index is 2.28. The van der Waals surface area contributed by atoms with Crippen molar-refractivity contribution in [1.82, 2.24) is 0 Å². The normalized spacial score (nSPS) is 46.4. The number of carbonyl (C=O) groups is 2. The Labute approximate surface area is 150 Å². The van der Waals surface area contributed by atoms with Gasteiger partial charge in [0, 0.05) is 22.3 Å². The monoisotopic (exact) mass is 344 g/mol. The molecule has 1 saturated heterocycles.